The standard InChI is InChI=1S/C20H15FN2O5S/c21-17-10-14(11-18(24)20(17)23-12-19(25)22-29(23,26)27)13-5-4-8-16(9-13)28-15-6-2-1-3-7-15/h1-11,24H,12H2,(H,22,25). The molecule has 0 bridgehead atoms. The number of anilines is 1. The van der Waals surface area contributed by atoms with Crippen LogP contribution in [-0.2, 0) is 15.0 Å². The lowest BCUT2D eigenvalue weighted by atomic mass is 10.0. The summed E-state index contributed by atoms with van der Waals surface area (Å²) in [7, 11) is -4.24. The first kappa shape index (κ1) is 18.8. The molecule has 1 amide bonds. The Morgan fingerprint density at radius 1 is 0.966 bits per heavy atom. The summed E-state index contributed by atoms with van der Waals surface area (Å²) < 4.78 is 46.6. The molecule has 1 saturated heterocycles. The summed E-state index contributed by atoms with van der Waals surface area (Å²) in [6, 6.07) is 18.2. The highest BCUT2D eigenvalue weighted by Gasteiger charge is 2.37. The van der Waals surface area contributed by atoms with Crippen molar-refractivity contribution in [3.63, 3.8) is 0 Å². The van der Waals surface area contributed by atoms with Crippen LogP contribution in [0.15, 0.2) is 66.7 Å². The molecule has 1 heterocycles. The van der Waals surface area contributed by atoms with Crippen molar-refractivity contribution in [2.45, 2.75) is 0 Å². The second-order valence-electron chi connectivity index (χ2n) is 6.31. The second kappa shape index (κ2) is 7.10. The number of amides is 1. The summed E-state index contributed by atoms with van der Waals surface area (Å²) in [5, 5.41) is 10.3. The van der Waals surface area contributed by atoms with Gasteiger partial charge in [0.15, 0.2) is 5.82 Å². The van der Waals surface area contributed by atoms with E-state index in [9.17, 15) is 22.7 Å². The predicted octanol–water partition coefficient (Wildman–Crippen LogP) is 3.17. The van der Waals surface area contributed by atoms with Gasteiger partial charge in [0, 0.05) is 0 Å². The normalized spacial score (nSPS) is 15.2. The van der Waals surface area contributed by atoms with E-state index in [1.165, 1.54) is 6.07 Å². The maximum absolute atomic E-state index is 14.7. The minimum Gasteiger partial charge on any atom is -0.506 e. The van der Waals surface area contributed by atoms with Gasteiger partial charge >= 0.3 is 10.2 Å². The minimum absolute atomic E-state index is 0.318. The summed E-state index contributed by atoms with van der Waals surface area (Å²) >= 11 is 0. The smallest absolute Gasteiger partial charge is 0.326 e. The highest BCUT2D eigenvalue weighted by Crippen LogP contribution is 2.38. The van der Waals surface area contributed by atoms with Crippen molar-refractivity contribution >= 4 is 21.8 Å². The van der Waals surface area contributed by atoms with Crippen LogP contribution >= 0.6 is 0 Å². The van der Waals surface area contributed by atoms with Crippen molar-refractivity contribution < 1.29 is 27.4 Å². The number of para-hydroxylation sites is 1. The first-order valence-electron chi connectivity index (χ1n) is 8.53. The number of aromatic hydroxyl groups is 1. The van der Waals surface area contributed by atoms with Crippen LogP contribution < -0.4 is 13.8 Å². The van der Waals surface area contributed by atoms with Gasteiger partial charge in [-0.1, -0.05) is 30.3 Å². The Hall–Kier alpha value is -3.59. The van der Waals surface area contributed by atoms with Crippen LogP contribution in [0.3, 0.4) is 0 Å². The first-order valence-corrected chi connectivity index (χ1v) is 9.97. The van der Waals surface area contributed by atoms with E-state index in [4.69, 9.17) is 4.74 Å². The Bertz CT molecular complexity index is 1180. The quantitative estimate of drug-likeness (QED) is 0.684. The third-order valence-electron chi connectivity index (χ3n) is 4.26. The molecule has 2 N–H and O–H groups in total. The van der Waals surface area contributed by atoms with Gasteiger partial charge in [-0.3, -0.25) is 4.79 Å². The number of ether oxygens (including phenoxy) is 1. The van der Waals surface area contributed by atoms with E-state index in [1.807, 2.05) is 18.2 Å². The fraction of sp³-hybridized carbons (Fsp3) is 0.0500. The number of carbonyl (C=O) groups is 1. The average Bonchev–Trinajstić information content (AvgIpc) is 2.94. The zero-order chi connectivity index (χ0) is 20.6. The second-order valence-corrected chi connectivity index (χ2v) is 7.90. The molecule has 0 unspecified atom stereocenters. The topological polar surface area (TPSA) is 95.9 Å². The number of nitrogens with one attached hydrogen (secondary N) is 1. The van der Waals surface area contributed by atoms with E-state index in [-0.39, 0.29) is 0 Å². The number of halogens is 1. The average molecular weight is 414 g/mol. The molecule has 1 aliphatic heterocycles. The Labute approximate surface area is 166 Å². The molecule has 9 heteroatoms. The molecular weight excluding hydrogens is 399 g/mol. The molecule has 3 aromatic carbocycles. The van der Waals surface area contributed by atoms with E-state index in [0.717, 1.165) is 6.07 Å². The van der Waals surface area contributed by atoms with Gasteiger partial charge in [0.05, 0.1) is 0 Å². The highest BCUT2D eigenvalue weighted by molar-refractivity contribution is 7.92. The SMILES string of the molecule is O=C1CN(c2c(O)cc(-c3cccc(Oc4ccccc4)c3)cc2F)S(=O)(=O)N1. The van der Waals surface area contributed by atoms with E-state index < -0.39 is 39.9 Å². The van der Waals surface area contributed by atoms with Crippen molar-refractivity contribution in [1.82, 2.24) is 4.72 Å². The van der Waals surface area contributed by atoms with E-state index in [0.29, 0.717) is 26.9 Å². The number of carbonyl (C=O) groups excluding carboxylic acids is 1. The van der Waals surface area contributed by atoms with Crippen LogP contribution in [0.25, 0.3) is 11.1 Å². The van der Waals surface area contributed by atoms with E-state index in [2.05, 4.69) is 0 Å². The van der Waals surface area contributed by atoms with Gasteiger partial charge in [-0.05, 0) is 47.5 Å². The Morgan fingerprint density at radius 2 is 1.69 bits per heavy atom. The summed E-state index contributed by atoms with van der Waals surface area (Å²) in [5.74, 6) is -1.25. The van der Waals surface area contributed by atoms with Crippen LogP contribution in [0.2, 0.25) is 0 Å². The van der Waals surface area contributed by atoms with Crippen molar-refractivity contribution in [1.29, 1.82) is 0 Å². The van der Waals surface area contributed by atoms with E-state index in [1.54, 1.807) is 41.1 Å². The Kier molecular flexibility index (Phi) is 4.59. The van der Waals surface area contributed by atoms with Crippen LogP contribution in [-0.4, -0.2) is 26.0 Å². The molecule has 0 saturated carbocycles. The summed E-state index contributed by atoms with van der Waals surface area (Å²) in [4.78, 5) is 11.4. The third-order valence-corrected chi connectivity index (χ3v) is 5.64. The van der Waals surface area contributed by atoms with Gasteiger partial charge in [-0.25, -0.2) is 13.4 Å². The molecule has 148 valence electrons. The van der Waals surface area contributed by atoms with Gasteiger partial charge in [0.25, 0.3) is 5.91 Å². The summed E-state index contributed by atoms with van der Waals surface area (Å²) in [6.07, 6.45) is 0. The number of hydrogen-bond donors (Lipinski definition) is 2. The van der Waals surface area contributed by atoms with Crippen LogP contribution in [0.4, 0.5) is 10.1 Å². The Balaban J connectivity index is 1.69. The fourth-order valence-electron chi connectivity index (χ4n) is 3.01. The lowest BCUT2D eigenvalue weighted by molar-refractivity contribution is -0.117. The third kappa shape index (κ3) is 3.72. The van der Waals surface area contributed by atoms with Crippen LogP contribution in [0, 0.1) is 5.82 Å². The molecular formula is C20H15FN2O5S. The molecule has 0 aromatic heterocycles. The number of phenolic OH excluding ortho intramolecular Hbond substituents is 1. The molecule has 3 aromatic rings. The fourth-order valence-corrected chi connectivity index (χ4v) is 4.18. The molecule has 29 heavy (non-hydrogen) atoms. The maximum atomic E-state index is 14.7. The molecule has 1 fully saturated rings. The van der Waals surface area contributed by atoms with Gasteiger partial charge in [0.2, 0.25) is 0 Å². The van der Waals surface area contributed by atoms with Gasteiger partial charge in [-0.15, -0.1) is 0 Å². The number of nitrogens with zero attached hydrogens (tertiary/aromatic N) is 1. The van der Waals surface area contributed by atoms with E-state index >= 15 is 0 Å². The largest absolute Gasteiger partial charge is 0.506 e. The van der Waals surface area contributed by atoms with Crippen molar-refractivity contribution in [3.8, 4) is 28.4 Å². The van der Waals surface area contributed by atoms with Gasteiger partial charge < -0.3 is 9.84 Å². The zero-order valence-corrected chi connectivity index (χ0v) is 15.7. The molecule has 0 radical (unpaired) electrons. The zero-order valence-electron chi connectivity index (χ0n) is 14.9. The lowest BCUT2D eigenvalue weighted by Gasteiger charge is -2.18. The number of rotatable bonds is 4. The maximum Gasteiger partial charge on any atom is 0.326 e. The molecule has 0 aliphatic carbocycles. The Morgan fingerprint density at radius 3 is 2.34 bits per heavy atom. The minimum atomic E-state index is -4.24. The molecule has 1 aliphatic rings. The lowest BCUT2D eigenvalue weighted by Crippen LogP contribution is -2.30. The van der Waals surface area contributed by atoms with Crippen molar-refractivity contribution in [2.24, 2.45) is 0 Å². The summed E-state index contributed by atoms with van der Waals surface area (Å²) in [6.45, 7) is -0.605. The number of phenols is 1. The van der Waals surface area contributed by atoms with Crippen molar-refractivity contribution in [2.75, 3.05) is 10.8 Å². The molecule has 4 rings (SSSR count). The van der Waals surface area contributed by atoms with Crippen LogP contribution in [0.1, 0.15) is 0 Å². The van der Waals surface area contributed by atoms with Gasteiger partial charge in [-0.2, -0.15) is 8.42 Å². The molecule has 0 spiro atoms. The predicted molar refractivity (Wildman–Crippen MR) is 104 cm³/mol. The number of benzene rings is 3. The number of hydrogen-bond acceptors (Lipinski definition) is 5. The monoisotopic (exact) mass is 414 g/mol. The summed E-state index contributed by atoms with van der Waals surface area (Å²) in [5.41, 5.74) is 0.291. The molecule has 0 atom stereocenters. The van der Waals surface area contributed by atoms with Crippen molar-refractivity contribution in [3.05, 3.63) is 72.5 Å². The first-order chi connectivity index (χ1) is 13.8. The van der Waals surface area contributed by atoms with Crippen LogP contribution in [0.5, 0.6) is 17.2 Å². The van der Waals surface area contributed by atoms with Gasteiger partial charge in [0.1, 0.15) is 29.5 Å². The molecule has 7 nitrogen and oxygen atoms in total. The highest BCUT2D eigenvalue weighted by atomic mass is 32.2.